The van der Waals surface area contributed by atoms with Crippen molar-refractivity contribution in [3.63, 3.8) is 0 Å². The monoisotopic (exact) mass is 346 g/mol. The van der Waals surface area contributed by atoms with Crippen molar-refractivity contribution in [3.05, 3.63) is 30.1 Å². The van der Waals surface area contributed by atoms with Gasteiger partial charge in [-0.05, 0) is 38.8 Å². The van der Waals surface area contributed by atoms with E-state index in [-0.39, 0.29) is 5.91 Å². The molecule has 138 valence electrons. The number of piperidine rings is 1. The second kappa shape index (κ2) is 9.98. The SMILES string of the molecule is CN=C(NCCNC(=O)c1cccnc1)NC1CCN(C(C)C)CC1. The molecular weight excluding hydrogens is 316 g/mol. The first-order chi connectivity index (χ1) is 12.1. The molecule has 1 aliphatic heterocycles. The molecule has 0 radical (unpaired) electrons. The summed E-state index contributed by atoms with van der Waals surface area (Å²) in [5.41, 5.74) is 0.571. The number of amides is 1. The molecule has 0 aromatic carbocycles. The lowest BCUT2D eigenvalue weighted by Crippen LogP contribution is -2.50. The van der Waals surface area contributed by atoms with E-state index in [1.54, 1.807) is 31.6 Å². The number of rotatable bonds is 6. The van der Waals surface area contributed by atoms with E-state index in [1.165, 1.54) is 0 Å². The number of nitrogens with zero attached hydrogens (tertiary/aromatic N) is 3. The largest absolute Gasteiger partial charge is 0.355 e. The summed E-state index contributed by atoms with van der Waals surface area (Å²) >= 11 is 0. The highest BCUT2D eigenvalue weighted by atomic mass is 16.1. The van der Waals surface area contributed by atoms with Gasteiger partial charge in [-0.3, -0.25) is 14.8 Å². The van der Waals surface area contributed by atoms with Crippen LogP contribution in [0, 0.1) is 0 Å². The number of carbonyl (C=O) groups is 1. The fourth-order valence-electron chi connectivity index (χ4n) is 2.90. The summed E-state index contributed by atoms with van der Waals surface area (Å²) in [7, 11) is 1.77. The molecule has 2 rings (SSSR count). The smallest absolute Gasteiger partial charge is 0.252 e. The van der Waals surface area contributed by atoms with Crippen molar-refractivity contribution in [2.45, 2.75) is 38.8 Å². The van der Waals surface area contributed by atoms with Gasteiger partial charge in [0.05, 0.1) is 5.56 Å². The molecule has 1 aliphatic rings. The normalized spacial score (nSPS) is 16.7. The first-order valence-electron chi connectivity index (χ1n) is 8.99. The fourth-order valence-corrected chi connectivity index (χ4v) is 2.90. The van der Waals surface area contributed by atoms with Crippen LogP contribution in [0.3, 0.4) is 0 Å². The Morgan fingerprint density at radius 1 is 1.32 bits per heavy atom. The highest BCUT2D eigenvalue weighted by Crippen LogP contribution is 2.12. The molecule has 7 heteroatoms. The van der Waals surface area contributed by atoms with Gasteiger partial charge >= 0.3 is 0 Å². The Morgan fingerprint density at radius 2 is 2.04 bits per heavy atom. The Balaban J connectivity index is 1.65. The predicted molar refractivity (Wildman–Crippen MR) is 101 cm³/mol. The third-order valence-electron chi connectivity index (χ3n) is 4.45. The summed E-state index contributed by atoms with van der Waals surface area (Å²) < 4.78 is 0. The number of hydrogen-bond donors (Lipinski definition) is 3. The van der Waals surface area contributed by atoms with Gasteiger partial charge in [-0.1, -0.05) is 0 Å². The van der Waals surface area contributed by atoms with Crippen molar-refractivity contribution in [1.82, 2.24) is 25.8 Å². The van der Waals surface area contributed by atoms with E-state index in [1.807, 2.05) is 0 Å². The highest BCUT2D eigenvalue weighted by molar-refractivity contribution is 5.93. The molecule has 1 fully saturated rings. The van der Waals surface area contributed by atoms with Gasteiger partial charge in [-0.15, -0.1) is 0 Å². The minimum Gasteiger partial charge on any atom is -0.355 e. The molecule has 1 aromatic heterocycles. The predicted octanol–water partition coefficient (Wildman–Crippen LogP) is 0.849. The zero-order valence-corrected chi connectivity index (χ0v) is 15.5. The summed E-state index contributed by atoms with van der Waals surface area (Å²) in [5.74, 6) is 0.678. The van der Waals surface area contributed by atoms with Gasteiger partial charge in [0.2, 0.25) is 0 Å². The fraction of sp³-hybridized carbons (Fsp3) is 0.611. The zero-order valence-electron chi connectivity index (χ0n) is 15.5. The topological polar surface area (TPSA) is 81.6 Å². The Morgan fingerprint density at radius 3 is 2.64 bits per heavy atom. The van der Waals surface area contributed by atoms with Gasteiger partial charge in [0.1, 0.15) is 0 Å². The standard InChI is InChI=1S/C18H30N6O/c1-14(2)24-11-6-16(7-12-24)23-18(19-3)22-10-9-21-17(25)15-5-4-8-20-13-15/h4-5,8,13-14,16H,6-7,9-12H2,1-3H3,(H,21,25)(H2,19,22,23). The van der Waals surface area contributed by atoms with Gasteiger partial charge in [-0.2, -0.15) is 0 Å². The Bertz CT molecular complexity index is 552. The molecular formula is C18H30N6O. The molecule has 3 N–H and O–H groups in total. The van der Waals surface area contributed by atoms with Crippen molar-refractivity contribution in [3.8, 4) is 0 Å². The summed E-state index contributed by atoms with van der Waals surface area (Å²) in [6.07, 6.45) is 5.46. The van der Waals surface area contributed by atoms with Crippen LogP contribution in [0.25, 0.3) is 0 Å². The molecule has 1 saturated heterocycles. The molecule has 0 unspecified atom stereocenters. The quantitative estimate of drug-likeness (QED) is 0.404. The van der Waals surface area contributed by atoms with Crippen molar-refractivity contribution in [2.75, 3.05) is 33.2 Å². The lowest BCUT2D eigenvalue weighted by Gasteiger charge is -2.35. The van der Waals surface area contributed by atoms with Gasteiger partial charge < -0.3 is 20.9 Å². The molecule has 7 nitrogen and oxygen atoms in total. The van der Waals surface area contributed by atoms with Crippen LogP contribution in [0.2, 0.25) is 0 Å². The molecule has 0 atom stereocenters. The van der Waals surface area contributed by atoms with E-state index in [2.05, 4.69) is 44.7 Å². The van der Waals surface area contributed by atoms with Crippen LogP contribution in [0.15, 0.2) is 29.5 Å². The van der Waals surface area contributed by atoms with E-state index in [0.717, 1.165) is 31.9 Å². The Labute approximate surface area is 150 Å². The highest BCUT2D eigenvalue weighted by Gasteiger charge is 2.21. The van der Waals surface area contributed by atoms with Crippen LogP contribution in [-0.2, 0) is 0 Å². The van der Waals surface area contributed by atoms with E-state index in [9.17, 15) is 4.79 Å². The Kier molecular flexibility index (Phi) is 7.66. The number of aromatic nitrogens is 1. The molecule has 2 heterocycles. The number of hydrogen-bond acceptors (Lipinski definition) is 4. The summed E-state index contributed by atoms with van der Waals surface area (Å²) in [5, 5.41) is 9.60. The Hall–Kier alpha value is -2.15. The van der Waals surface area contributed by atoms with Crippen LogP contribution in [-0.4, -0.2) is 67.1 Å². The molecule has 0 spiro atoms. The number of aliphatic imine (C=N–C) groups is 1. The van der Waals surface area contributed by atoms with Crippen molar-refractivity contribution >= 4 is 11.9 Å². The molecule has 1 aromatic rings. The van der Waals surface area contributed by atoms with Crippen LogP contribution >= 0.6 is 0 Å². The average Bonchev–Trinajstić information content (AvgIpc) is 2.65. The van der Waals surface area contributed by atoms with Crippen molar-refractivity contribution in [1.29, 1.82) is 0 Å². The van der Waals surface area contributed by atoms with Gasteiger partial charge in [0.15, 0.2) is 5.96 Å². The average molecular weight is 346 g/mol. The van der Waals surface area contributed by atoms with Crippen LogP contribution in [0.1, 0.15) is 37.0 Å². The third-order valence-corrected chi connectivity index (χ3v) is 4.45. The first kappa shape index (κ1) is 19.2. The van der Waals surface area contributed by atoms with E-state index < -0.39 is 0 Å². The second-order valence-electron chi connectivity index (χ2n) is 6.54. The number of likely N-dealkylation sites (tertiary alicyclic amines) is 1. The van der Waals surface area contributed by atoms with Crippen molar-refractivity contribution in [2.24, 2.45) is 4.99 Å². The summed E-state index contributed by atoms with van der Waals surface area (Å²) in [4.78, 5) is 22.7. The molecule has 0 bridgehead atoms. The zero-order chi connectivity index (χ0) is 18.1. The van der Waals surface area contributed by atoms with E-state index in [0.29, 0.717) is 30.7 Å². The third kappa shape index (κ3) is 6.34. The minimum absolute atomic E-state index is 0.112. The van der Waals surface area contributed by atoms with E-state index >= 15 is 0 Å². The molecule has 25 heavy (non-hydrogen) atoms. The maximum Gasteiger partial charge on any atom is 0.252 e. The first-order valence-corrected chi connectivity index (χ1v) is 8.99. The number of pyridine rings is 1. The van der Waals surface area contributed by atoms with Gasteiger partial charge in [-0.25, -0.2) is 0 Å². The van der Waals surface area contributed by atoms with Crippen LogP contribution in [0.5, 0.6) is 0 Å². The van der Waals surface area contributed by atoms with Crippen LogP contribution < -0.4 is 16.0 Å². The second-order valence-corrected chi connectivity index (χ2v) is 6.54. The lowest BCUT2D eigenvalue weighted by atomic mass is 10.0. The van der Waals surface area contributed by atoms with Gasteiger partial charge in [0, 0.05) is 57.7 Å². The molecule has 0 saturated carbocycles. The number of nitrogens with one attached hydrogen (secondary N) is 3. The van der Waals surface area contributed by atoms with Gasteiger partial charge in [0.25, 0.3) is 5.91 Å². The number of guanidine groups is 1. The lowest BCUT2D eigenvalue weighted by molar-refractivity contribution is 0.0954. The van der Waals surface area contributed by atoms with Crippen LogP contribution in [0.4, 0.5) is 0 Å². The minimum atomic E-state index is -0.112. The molecule has 1 amide bonds. The summed E-state index contributed by atoms with van der Waals surface area (Å²) in [6, 6.07) is 4.57. The van der Waals surface area contributed by atoms with Crippen molar-refractivity contribution < 1.29 is 4.79 Å². The maximum atomic E-state index is 11.9. The molecule has 0 aliphatic carbocycles. The van der Waals surface area contributed by atoms with E-state index in [4.69, 9.17) is 0 Å². The summed E-state index contributed by atoms with van der Waals surface area (Å²) in [6.45, 7) is 7.87. The number of carbonyl (C=O) groups excluding carboxylic acids is 1. The maximum absolute atomic E-state index is 11.9.